The highest BCUT2D eigenvalue weighted by Gasteiger charge is 2.03. The minimum atomic E-state index is 0.336. The number of nitrogens with zero attached hydrogens (tertiary/aromatic N) is 1. The Labute approximate surface area is 116 Å². The van der Waals surface area contributed by atoms with Crippen molar-refractivity contribution in [1.82, 2.24) is 4.98 Å². The summed E-state index contributed by atoms with van der Waals surface area (Å²) in [5.74, 6) is 0.697. The average Bonchev–Trinajstić information content (AvgIpc) is 2.34. The molecule has 0 aliphatic rings. The van der Waals surface area contributed by atoms with Gasteiger partial charge in [0.1, 0.15) is 10.8 Å². The summed E-state index contributed by atoms with van der Waals surface area (Å²) >= 11 is 11.0. The van der Waals surface area contributed by atoms with E-state index in [4.69, 9.17) is 29.6 Å². The average molecular weight is 278 g/mol. The predicted molar refractivity (Wildman–Crippen MR) is 79.6 cm³/mol. The van der Waals surface area contributed by atoms with Crippen LogP contribution in [0.1, 0.15) is 11.1 Å². The highest BCUT2D eigenvalue weighted by atomic mass is 35.5. The molecule has 0 unspecified atom stereocenters. The van der Waals surface area contributed by atoms with Crippen molar-refractivity contribution in [2.24, 2.45) is 5.73 Å². The van der Waals surface area contributed by atoms with Crippen LogP contribution in [0, 0.1) is 6.92 Å². The summed E-state index contributed by atoms with van der Waals surface area (Å²) in [6.07, 6.45) is 1.63. The fourth-order valence-electron chi connectivity index (χ4n) is 1.49. The first-order chi connectivity index (χ1) is 8.56. The van der Waals surface area contributed by atoms with Gasteiger partial charge in [-0.15, -0.1) is 0 Å². The number of nitrogens with one attached hydrogen (secondary N) is 1. The second-order valence-electron chi connectivity index (χ2n) is 3.90. The zero-order valence-electron chi connectivity index (χ0n) is 9.77. The minimum Gasteiger partial charge on any atom is -0.389 e. The van der Waals surface area contributed by atoms with Crippen LogP contribution in [-0.4, -0.2) is 9.97 Å². The van der Waals surface area contributed by atoms with E-state index in [-0.39, 0.29) is 0 Å². The van der Waals surface area contributed by atoms with Crippen molar-refractivity contribution in [3.63, 3.8) is 0 Å². The minimum absolute atomic E-state index is 0.336. The predicted octanol–water partition coefficient (Wildman–Crippen LogP) is 3.42. The smallest absolute Gasteiger partial charge is 0.130 e. The molecule has 3 N–H and O–H groups in total. The molecule has 0 saturated carbocycles. The molecule has 0 radical (unpaired) electrons. The molecule has 18 heavy (non-hydrogen) atoms. The van der Waals surface area contributed by atoms with Crippen molar-refractivity contribution in [2.45, 2.75) is 6.92 Å². The Bertz CT molecular complexity index is 581. The van der Waals surface area contributed by atoms with Crippen LogP contribution in [0.3, 0.4) is 0 Å². The fourth-order valence-corrected chi connectivity index (χ4v) is 1.77. The van der Waals surface area contributed by atoms with Crippen LogP contribution in [0.5, 0.6) is 0 Å². The van der Waals surface area contributed by atoms with E-state index < -0.39 is 0 Å². The van der Waals surface area contributed by atoms with Gasteiger partial charge in [-0.05, 0) is 36.8 Å². The molecule has 0 saturated heterocycles. The van der Waals surface area contributed by atoms with Crippen molar-refractivity contribution < 1.29 is 0 Å². The lowest BCUT2D eigenvalue weighted by Gasteiger charge is -2.09. The Kier molecular flexibility index (Phi) is 3.79. The third-order valence-electron chi connectivity index (χ3n) is 2.43. The summed E-state index contributed by atoms with van der Waals surface area (Å²) in [4.78, 5) is 4.56. The van der Waals surface area contributed by atoms with E-state index in [0.717, 1.165) is 16.8 Å². The lowest BCUT2D eigenvalue weighted by Crippen LogP contribution is -2.09. The first-order valence-electron chi connectivity index (χ1n) is 5.35. The Morgan fingerprint density at radius 1 is 1.33 bits per heavy atom. The maximum absolute atomic E-state index is 6.10. The van der Waals surface area contributed by atoms with Gasteiger partial charge in [-0.3, -0.25) is 0 Å². The summed E-state index contributed by atoms with van der Waals surface area (Å²) in [7, 11) is 0. The molecule has 1 aromatic carbocycles. The number of hydrogen-bond donors (Lipinski definition) is 2. The van der Waals surface area contributed by atoms with Crippen LogP contribution in [0.4, 0.5) is 11.5 Å². The summed E-state index contributed by atoms with van der Waals surface area (Å²) in [6.45, 7) is 2.00. The Morgan fingerprint density at radius 2 is 2.11 bits per heavy atom. The largest absolute Gasteiger partial charge is 0.389 e. The highest BCUT2D eigenvalue weighted by molar-refractivity contribution is 7.80. The number of nitrogens with two attached hydrogens (primary N) is 1. The van der Waals surface area contributed by atoms with Crippen LogP contribution < -0.4 is 11.1 Å². The van der Waals surface area contributed by atoms with Crippen molar-refractivity contribution in [2.75, 3.05) is 5.32 Å². The maximum atomic E-state index is 6.10. The van der Waals surface area contributed by atoms with E-state index in [0.29, 0.717) is 15.8 Å². The zero-order chi connectivity index (χ0) is 13.1. The van der Waals surface area contributed by atoms with Gasteiger partial charge in [0.15, 0.2) is 0 Å². The molecule has 2 aromatic rings. The Balaban J connectivity index is 2.23. The Hall–Kier alpha value is -1.65. The number of thiocarbonyl (C=S) groups is 1. The Morgan fingerprint density at radius 3 is 2.72 bits per heavy atom. The molecule has 0 spiro atoms. The van der Waals surface area contributed by atoms with Crippen LogP contribution >= 0.6 is 23.8 Å². The number of benzene rings is 1. The van der Waals surface area contributed by atoms with Gasteiger partial charge in [-0.25, -0.2) is 4.98 Å². The normalized spacial score (nSPS) is 10.1. The summed E-state index contributed by atoms with van der Waals surface area (Å²) in [6, 6.07) is 9.40. The number of anilines is 2. The zero-order valence-corrected chi connectivity index (χ0v) is 11.3. The molecule has 0 bridgehead atoms. The van der Waals surface area contributed by atoms with E-state index >= 15 is 0 Å². The van der Waals surface area contributed by atoms with Gasteiger partial charge >= 0.3 is 0 Å². The molecule has 2 rings (SSSR count). The lowest BCUT2D eigenvalue weighted by atomic mass is 10.2. The number of hydrogen-bond acceptors (Lipinski definition) is 3. The molecule has 5 heteroatoms. The number of aromatic nitrogens is 1. The fraction of sp³-hybridized carbons (Fsp3) is 0.0769. The van der Waals surface area contributed by atoms with E-state index in [2.05, 4.69) is 10.3 Å². The summed E-state index contributed by atoms with van der Waals surface area (Å²) in [5, 5.41) is 3.81. The first-order valence-corrected chi connectivity index (χ1v) is 6.14. The molecule has 92 valence electrons. The molecule has 0 aliphatic carbocycles. The van der Waals surface area contributed by atoms with Gasteiger partial charge in [0.2, 0.25) is 0 Å². The third kappa shape index (κ3) is 2.97. The monoisotopic (exact) mass is 277 g/mol. The number of halogens is 1. The van der Waals surface area contributed by atoms with Gasteiger partial charge in [-0.2, -0.15) is 0 Å². The molecule has 3 nitrogen and oxygen atoms in total. The molecular formula is C13H12ClN3S. The van der Waals surface area contributed by atoms with E-state index in [1.807, 2.05) is 37.3 Å². The van der Waals surface area contributed by atoms with E-state index in [9.17, 15) is 0 Å². The molecule has 0 amide bonds. The molecule has 1 aromatic heterocycles. The van der Waals surface area contributed by atoms with Crippen molar-refractivity contribution in [3.05, 3.63) is 52.7 Å². The molecule has 1 heterocycles. The second-order valence-corrected chi connectivity index (χ2v) is 4.75. The second kappa shape index (κ2) is 5.33. The van der Waals surface area contributed by atoms with Gasteiger partial charge < -0.3 is 11.1 Å². The van der Waals surface area contributed by atoms with E-state index in [1.165, 1.54) is 0 Å². The van der Waals surface area contributed by atoms with Gasteiger partial charge in [0.05, 0.1) is 10.7 Å². The number of pyridine rings is 1. The SMILES string of the molecule is Cc1ccc(Cl)c(Nc2ccc(C(N)=S)cn2)c1. The topological polar surface area (TPSA) is 50.9 Å². The van der Waals surface area contributed by atoms with Crippen LogP contribution in [-0.2, 0) is 0 Å². The standard InChI is InChI=1S/C13H12ClN3S/c1-8-2-4-10(14)11(6-8)17-12-5-3-9(7-16-12)13(15)18/h2-7H,1H3,(H2,15,18)(H,16,17). The van der Waals surface area contributed by atoms with Gasteiger partial charge in [0.25, 0.3) is 0 Å². The van der Waals surface area contributed by atoms with Crippen LogP contribution in [0.15, 0.2) is 36.5 Å². The summed E-state index contributed by atoms with van der Waals surface area (Å²) < 4.78 is 0. The molecule has 0 aliphatic heterocycles. The molecular weight excluding hydrogens is 266 g/mol. The highest BCUT2D eigenvalue weighted by Crippen LogP contribution is 2.25. The lowest BCUT2D eigenvalue weighted by molar-refractivity contribution is 1.29. The van der Waals surface area contributed by atoms with Crippen LogP contribution in [0.25, 0.3) is 0 Å². The maximum Gasteiger partial charge on any atom is 0.130 e. The molecule has 0 fully saturated rings. The summed E-state index contributed by atoms with van der Waals surface area (Å²) in [5.41, 5.74) is 8.20. The quantitative estimate of drug-likeness (QED) is 0.844. The number of rotatable bonds is 3. The van der Waals surface area contributed by atoms with Crippen LogP contribution in [0.2, 0.25) is 5.02 Å². The van der Waals surface area contributed by atoms with Gasteiger partial charge in [-0.1, -0.05) is 29.9 Å². The third-order valence-corrected chi connectivity index (χ3v) is 3.00. The van der Waals surface area contributed by atoms with Crippen molar-refractivity contribution in [3.8, 4) is 0 Å². The first kappa shape index (κ1) is 12.8. The van der Waals surface area contributed by atoms with Crippen molar-refractivity contribution >= 4 is 40.3 Å². The van der Waals surface area contributed by atoms with Gasteiger partial charge in [0, 0.05) is 11.8 Å². The number of aryl methyl sites for hydroxylation is 1. The van der Waals surface area contributed by atoms with E-state index in [1.54, 1.807) is 6.20 Å². The van der Waals surface area contributed by atoms with Crippen molar-refractivity contribution in [1.29, 1.82) is 0 Å². The molecule has 0 atom stereocenters.